The Morgan fingerprint density at radius 2 is 1.97 bits per heavy atom. The fourth-order valence-corrected chi connectivity index (χ4v) is 4.11. The normalized spacial score (nSPS) is 16.6. The monoisotopic (exact) mass is 479 g/mol. The summed E-state index contributed by atoms with van der Waals surface area (Å²) < 4.78 is 37.7. The summed E-state index contributed by atoms with van der Waals surface area (Å²) >= 11 is 0. The summed E-state index contributed by atoms with van der Waals surface area (Å²) in [4.78, 5) is 22.7. The Kier molecular flexibility index (Phi) is 8.54. The number of benzene rings is 1. The summed E-state index contributed by atoms with van der Waals surface area (Å²) in [6.45, 7) is 1.86. The summed E-state index contributed by atoms with van der Waals surface area (Å²) in [7, 11) is 0. The summed E-state index contributed by atoms with van der Waals surface area (Å²) in [6.07, 6.45) is 1.01. The van der Waals surface area contributed by atoms with Gasteiger partial charge in [0.05, 0.1) is 6.54 Å². The van der Waals surface area contributed by atoms with E-state index in [0.29, 0.717) is 6.42 Å². The number of amidine groups is 1. The predicted octanol–water partition coefficient (Wildman–Crippen LogP) is 2.86. The van der Waals surface area contributed by atoms with Crippen LogP contribution in [0.4, 0.5) is 13.2 Å². The highest BCUT2D eigenvalue weighted by Gasteiger charge is 2.32. The molecule has 1 aliphatic heterocycles. The Hall–Kier alpha value is -3.08. The van der Waals surface area contributed by atoms with Crippen LogP contribution in [0.2, 0.25) is 0 Å². The Bertz CT molecular complexity index is 1010. The third-order valence-electron chi connectivity index (χ3n) is 5.92. The number of hydrogen-bond acceptors (Lipinski definition) is 3. The lowest BCUT2D eigenvalue weighted by molar-refractivity contribution is -0.148. The number of piperazine rings is 1. The number of aromatic nitrogens is 1. The fraction of sp³-hybridized carbons (Fsp3) is 0.522. The van der Waals surface area contributed by atoms with Crippen molar-refractivity contribution in [1.82, 2.24) is 20.1 Å². The van der Waals surface area contributed by atoms with Gasteiger partial charge in [0.1, 0.15) is 0 Å². The summed E-state index contributed by atoms with van der Waals surface area (Å²) in [6, 6.07) is 7.81. The minimum Gasteiger partial charge on any atom is -0.379 e. The molecule has 8 nitrogen and oxygen atoms in total. The van der Waals surface area contributed by atoms with E-state index in [9.17, 15) is 18.0 Å². The lowest BCUT2D eigenvalue weighted by Crippen LogP contribution is -2.51. The van der Waals surface area contributed by atoms with Crippen LogP contribution in [0.1, 0.15) is 31.7 Å². The Morgan fingerprint density at radius 1 is 1.26 bits per heavy atom. The van der Waals surface area contributed by atoms with Gasteiger partial charge in [-0.1, -0.05) is 38.0 Å². The largest absolute Gasteiger partial charge is 0.401 e. The first kappa shape index (κ1) is 25.5. The van der Waals surface area contributed by atoms with Gasteiger partial charge in [0.15, 0.2) is 5.84 Å². The lowest BCUT2D eigenvalue weighted by atomic mass is 10.0. The second-order valence-electron chi connectivity index (χ2n) is 8.58. The Balaban J connectivity index is 1.58. The lowest BCUT2D eigenvalue weighted by Gasteiger charge is -2.35. The average Bonchev–Trinajstić information content (AvgIpc) is 3.19. The number of nitrogens with zero attached hydrogens (tertiary/aromatic N) is 3. The fourth-order valence-electron chi connectivity index (χ4n) is 4.11. The summed E-state index contributed by atoms with van der Waals surface area (Å²) in [5, 5.41) is 12.2. The maximum Gasteiger partial charge on any atom is 0.401 e. The van der Waals surface area contributed by atoms with Crippen LogP contribution in [0.5, 0.6) is 0 Å². The first-order valence-electron chi connectivity index (χ1n) is 11.5. The number of nitrogens with one attached hydrogen (secondary N) is 3. The zero-order valence-electron chi connectivity index (χ0n) is 19.3. The molecule has 0 radical (unpaired) electrons. The number of para-hydroxylation sites is 1. The molecule has 1 fully saturated rings. The molecule has 0 spiro atoms. The van der Waals surface area contributed by atoms with Gasteiger partial charge in [-0.3, -0.25) is 15.1 Å². The molecule has 5 N–H and O–H groups in total. The molecule has 3 rings (SSSR count). The van der Waals surface area contributed by atoms with Crippen LogP contribution in [-0.2, 0) is 11.2 Å². The van der Waals surface area contributed by atoms with Crippen molar-refractivity contribution in [3.63, 3.8) is 0 Å². The molecule has 1 atom stereocenters. The van der Waals surface area contributed by atoms with Crippen molar-refractivity contribution in [1.29, 1.82) is 5.41 Å². The van der Waals surface area contributed by atoms with Crippen molar-refractivity contribution < 1.29 is 18.0 Å². The Morgan fingerprint density at radius 3 is 2.65 bits per heavy atom. The van der Waals surface area contributed by atoms with Crippen LogP contribution in [0, 0.1) is 5.41 Å². The second-order valence-corrected chi connectivity index (χ2v) is 8.58. The van der Waals surface area contributed by atoms with Gasteiger partial charge >= 0.3 is 6.18 Å². The van der Waals surface area contributed by atoms with E-state index in [1.807, 2.05) is 30.5 Å². The molecule has 0 saturated carbocycles. The van der Waals surface area contributed by atoms with Gasteiger partial charge in [-0.25, -0.2) is 0 Å². The number of H-pyrrole nitrogens is 1. The molecular weight excluding hydrogens is 447 g/mol. The summed E-state index contributed by atoms with van der Waals surface area (Å²) in [5.74, 6) is -1.11. The number of aromatic amines is 1. The predicted molar refractivity (Wildman–Crippen MR) is 127 cm³/mol. The molecule has 186 valence electrons. The topological polar surface area (TPSA) is 114 Å². The zero-order chi connectivity index (χ0) is 24.7. The highest BCUT2D eigenvalue weighted by molar-refractivity contribution is 6.38. The third kappa shape index (κ3) is 7.21. The van der Waals surface area contributed by atoms with Crippen molar-refractivity contribution in [2.24, 2.45) is 10.7 Å². The SMILES string of the molecule is CCCCC(Cc1c[nH]c2ccccc12)NC(=O)C(N)=NC(=N)N1CCN(CC(F)(F)F)CC1. The highest BCUT2D eigenvalue weighted by atomic mass is 19.4. The number of carbonyl (C=O) groups excluding carboxylic acids is 1. The van der Waals surface area contributed by atoms with Crippen molar-refractivity contribution in [3.8, 4) is 0 Å². The van der Waals surface area contributed by atoms with E-state index in [1.165, 1.54) is 9.80 Å². The van der Waals surface area contributed by atoms with Crippen LogP contribution >= 0.6 is 0 Å². The van der Waals surface area contributed by atoms with E-state index >= 15 is 0 Å². The number of alkyl halides is 3. The second kappa shape index (κ2) is 11.4. The highest BCUT2D eigenvalue weighted by Crippen LogP contribution is 2.20. The number of unbranched alkanes of at least 4 members (excludes halogenated alkanes) is 1. The molecule has 2 heterocycles. The first-order chi connectivity index (χ1) is 16.2. The van der Waals surface area contributed by atoms with Crippen LogP contribution < -0.4 is 11.1 Å². The molecule has 34 heavy (non-hydrogen) atoms. The van der Waals surface area contributed by atoms with Gasteiger partial charge in [-0.2, -0.15) is 18.2 Å². The van der Waals surface area contributed by atoms with Crippen LogP contribution in [0.25, 0.3) is 10.9 Å². The van der Waals surface area contributed by atoms with Gasteiger partial charge in [0, 0.05) is 49.3 Å². The number of nitrogens with two attached hydrogens (primary N) is 1. The molecule has 1 aliphatic rings. The maximum atomic E-state index is 12.7. The zero-order valence-corrected chi connectivity index (χ0v) is 19.3. The van der Waals surface area contributed by atoms with Gasteiger partial charge in [0.25, 0.3) is 5.91 Å². The Labute approximate surface area is 196 Å². The number of fused-ring (bicyclic) bond motifs is 1. The van der Waals surface area contributed by atoms with Gasteiger partial charge < -0.3 is 20.9 Å². The van der Waals surface area contributed by atoms with Crippen molar-refractivity contribution in [2.45, 2.75) is 44.8 Å². The van der Waals surface area contributed by atoms with Crippen molar-refractivity contribution in [3.05, 3.63) is 36.0 Å². The van der Waals surface area contributed by atoms with Gasteiger partial charge in [0.2, 0.25) is 5.96 Å². The van der Waals surface area contributed by atoms with Gasteiger partial charge in [-0.15, -0.1) is 0 Å². The number of halogens is 3. The molecule has 1 saturated heterocycles. The molecule has 1 unspecified atom stereocenters. The number of rotatable bonds is 7. The molecule has 2 aromatic rings. The minimum absolute atomic E-state index is 0.152. The van der Waals surface area contributed by atoms with E-state index in [4.69, 9.17) is 11.1 Å². The number of carbonyl (C=O) groups is 1. The number of aliphatic imine (C=N–C) groups is 1. The molecular formula is C23H32F3N7O. The molecule has 11 heteroatoms. The number of hydrogen-bond donors (Lipinski definition) is 4. The van der Waals surface area contributed by atoms with E-state index < -0.39 is 18.6 Å². The number of guanidine groups is 1. The molecule has 0 bridgehead atoms. The summed E-state index contributed by atoms with van der Waals surface area (Å²) in [5.41, 5.74) is 8.01. The number of amides is 1. The van der Waals surface area contributed by atoms with E-state index in [2.05, 4.69) is 22.2 Å². The van der Waals surface area contributed by atoms with Crippen LogP contribution in [0.3, 0.4) is 0 Å². The van der Waals surface area contributed by atoms with Gasteiger partial charge in [-0.05, 0) is 24.5 Å². The van der Waals surface area contributed by atoms with Crippen molar-refractivity contribution >= 4 is 28.6 Å². The smallest absolute Gasteiger partial charge is 0.379 e. The minimum atomic E-state index is -4.25. The van der Waals surface area contributed by atoms with E-state index in [0.717, 1.165) is 35.7 Å². The standard InChI is InChI=1S/C23H32F3N7O/c1-2-3-6-17(13-16-14-29-19-8-5-4-7-18(16)19)30-21(34)20(27)31-22(28)33-11-9-32(10-12-33)15-23(24,25)26/h4-5,7-8,14,17,29H,2-3,6,9-13,15H2,1H3,(H,30,34)(H3,27,28,31). The van der Waals surface area contributed by atoms with Crippen LogP contribution in [0.15, 0.2) is 35.5 Å². The van der Waals surface area contributed by atoms with E-state index in [1.54, 1.807) is 0 Å². The third-order valence-corrected chi connectivity index (χ3v) is 5.92. The quantitative estimate of drug-likeness (QED) is 0.361. The first-order valence-corrected chi connectivity index (χ1v) is 11.5. The van der Waals surface area contributed by atoms with E-state index in [-0.39, 0.29) is 44.0 Å². The molecule has 1 amide bonds. The molecule has 0 aliphatic carbocycles. The van der Waals surface area contributed by atoms with Crippen LogP contribution in [-0.4, -0.2) is 77.4 Å². The average molecular weight is 480 g/mol. The molecule has 1 aromatic heterocycles. The molecule has 1 aromatic carbocycles. The van der Waals surface area contributed by atoms with Crippen molar-refractivity contribution in [2.75, 3.05) is 32.7 Å². The maximum absolute atomic E-state index is 12.7.